The molecule has 1 aromatic heterocycles. The van der Waals surface area contributed by atoms with E-state index >= 15 is 0 Å². The van der Waals surface area contributed by atoms with Gasteiger partial charge in [-0.05, 0) is 19.1 Å². The highest BCUT2D eigenvalue weighted by Gasteiger charge is 2.27. The van der Waals surface area contributed by atoms with Gasteiger partial charge in [0.1, 0.15) is 5.00 Å². The predicted octanol–water partition coefficient (Wildman–Crippen LogP) is 3.47. The number of hydrogen-bond acceptors (Lipinski definition) is 5. The van der Waals surface area contributed by atoms with Gasteiger partial charge in [-0.15, -0.1) is 23.1 Å². The Bertz CT molecular complexity index is 436. The number of Topliss-reactive ketones (excluding diaryl/α,β-unsaturated/α-hetero) is 1. The minimum Gasteiger partial charge on any atom is -0.396 e. The molecule has 1 saturated carbocycles. The summed E-state index contributed by atoms with van der Waals surface area (Å²) in [4.78, 5) is 13.8. The molecule has 3 nitrogen and oxygen atoms in total. The van der Waals surface area contributed by atoms with Crippen molar-refractivity contribution < 1.29 is 4.79 Å². The van der Waals surface area contributed by atoms with Crippen molar-refractivity contribution >= 4 is 39.6 Å². The molecule has 0 atom stereocenters. The number of rotatable bonds is 5. The molecular formula is C12H18N2OS2. The summed E-state index contributed by atoms with van der Waals surface area (Å²) < 4.78 is 0. The Morgan fingerprint density at radius 2 is 2.18 bits per heavy atom. The maximum absolute atomic E-state index is 12.0. The highest BCUT2D eigenvalue weighted by Crippen LogP contribution is 2.44. The van der Waals surface area contributed by atoms with Crippen molar-refractivity contribution in [2.24, 2.45) is 5.92 Å². The minimum atomic E-state index is -0.000527. The second-order valence-corrected chi connectivity index (χ2v) is 6.48. The molecule has 0 radical (unpaired) electrons. The molecule has 5 heteroatoms. The summed E-state index contributed by atoms with van der Waals surface area (Å²) in [5.41, 5.74) is 6.74. The molecule has 0 aromatic carbocycles. The van der Waals surface area contributed by atoms with Crippen molar-refractivity contribution in [3.05, 3.63) is 4.88 Å². The van der Waals surface area contributed by atoms with Gasteiger partial charge in [-0.3, -0.25) is 4.79 Å². The number of thioether (sulfide) groups is 1. The molecule has 1 aliphatic rings. The average Bonchev–Trinajstić information content (AvgIpc) is 3.03. The minimum absolute atomic E-state index is 0.000527. The standard InChI is InChI=1S/C12H18N2OS2/c1-6(2)9(15)10-8(13)11(16-3)12(17-10)14-7-4-5-7/h6-7,14H,4-5,13H2,1-3H3. The van der Waals surface area contributed by atoms with Crippen LogP contribution in [0.1, 0.15) is 36.4 Å². The maximum Gasteiger partial charge on any atom is 0.177 e. The smallest absolute Gasteiger partial charge is 0.177 e. The van der Waals surface area contributed by atoms with Crippen LogP contribution in [0.4, 0.5) is 10.7 Å². The Labute approximate surface area is 110 Å². The number of hydrogen-bond donors (Lipinski definition) is 2. The fourth-order valence-corrected chi connectivity index (χ4v) is 3.77. The lowest BCUT2D eigenvalue weighted by Gasteiger charge is -2.03. The van der Waals surface area contributed by atoms with E-state index in [1.165, 1.54) is 24.2 Å². The molecule has 1 aliphatic carbocycles. The molecule has 3 N–H and O–H groups in total. The van der Waals surface area contributed by atoms with Gasteiger partial charge in [-0.1, -0.05) is 13.8 Å². The third-order valence-corrected chi connectivity index (χ3v) is 4.88. The molecule has 17 heavy (non-hydrogen) atoms. The topological polar surface area (TPSA) is 55.1 Å². The molecule has 0 amide bonds. The highest BCUT2D eigenvalue weighted by molar-refractivity contribution is 7.99. The molecule has 2 rings (SSSR count). The number of carbonyl (C=O) groups excluding carboxylic acids is 1. The number of thiophene rings is 1. The summed E-state index contributed by atoms with van der Waals surface area (Å²) in [6, 6.07) is 0.584. The average molecular weight is 270 g/mol. The van der Waals surface area contributed by atoms with Crippen molar-refractivity contribution in [2.45, 2.75) is 37.6 Å². The van der Waals surface area contributed by atoms with Gasteiger partial charge in [-0.2, -0.15) is 0 Å². The van der Waals surface area contributed by atoms with Crippen LogP contribution >= 0.6 is 23.1 Å². The first kappa shape index (κ1) is 12.8. The van der Waals surface area contributed by atoms with E-state index in [0.717, 1.165) is 9.90 Å². The number of nitrogen functional groups attached to an aromatic ring is 1. The lowest BCUT2D eigenvalue weighted by Crippen LogP contribution is -2.07. The lowest BCUT2D eigenvalue weighted by molar-refractivity contribution is 0.0944. The molecule has 1 fully saturated rings. The Morgan fingerprint density at radius 1 is 1.53 bits per heavy atom. The normalized spacial score (nSPS) is 15.3. The summed E-state index contributed by atoms with van der Waals surface area (Å²) in [7, 11) is 0. The second kappa shape index (κ2) is 4.90. The van der Waals surface area contributed by atoms with E-state index in [9.17, 15) is 4.79 Å². The van der Waals surface area contributed by atoms with Crippen molar-refractivity contribution in [2.75, 3.05) is 17.3 Å². The van der Waals surface area contributed by atoms with Crippen LogP contribution in [0.25, 0.3) is 0 Å². The van der Waals surface area contributed by atoms with Crippen LogP contribution in [0, 0.1) is 5.92 Å². The number of nitrogens with two attached hydrogens (primary N) is 1. The monoisotopic (exact) mass is 270 g/mol. The van der Waals surface area contributed by atoms with E-state index in [1.807, 2.05) is 20.1 Å². The van der Waals surface area contributed by atoms with Crippen LogP contribution in [0.15, 0.2) is 4.90 Å². The Kier molecular flexibility index (Phi) is 3.68. The van der Waals surface area contributed by atoms with E-state index in [4.69, 9.17) is 5.73 Å². The van der Waals surface area contributed by atoms with Gasteiger partial charge < -0.3 is 11.1 Å². The summed E-state index contributed by atoms with van der Waals surface area (Å²) in [5, 5.41) is 4.53. The first-order valence-corrected chi connectivity index (χ1v) is 7.85. The summed E-state index contributed by atoms with van der Waals surface area (Å²) in [5.74, 6) is 0.145. The molecule has 0 unspecified atom stereocenters. The fourth-order valence-electron chi connectivity index (χ4n) is 1.58. The molecule has 0 bridgehead atoms. The number of nitrogens with one attached hydrogen (secondary N) is 1. The van der Waals surface area contributed by atoms with Gasteiger partial charge in [0.05, 0.1) is 15.5 Å². The SMILES string of the molecule is CSc1c(NC2CC2)sc(C(=O)C(C)C)c1N. The third-order valence-electron chi connectivity index (χ3n) is 2.76. The van der Waals surface area contributed by atoms with E-state index in [2.05, 4.69) is 5.32 Å². The quantitative estimate of drug-likeness (QED) is 0.635. The van der Waals surface area contributed by atoms with E-state index in [0.29, 0.717) is 16.6 Å². The Morgan fingerprint density at radius 3 is 2.65 bits per heavy atom. The van der Waals surface area contributed by atoms with Gasteiger partial charge in [0.25, 0.3) is 0 Å². The van der Waals surface area contributed by atoms with Crippen molar-refractivity contribution in [1.82, 2.24) is 0 Å². The fraction of sp³-hybridized carbons (Fsp3) is 0.583. The van der Waals surface area contributed by atoms with Gasteiger partial charge in [0.15, 0.2) is 5.78 Å². The van der Waals surface area contributed by atoms with E-state index in [-0.39, 0.29) is 11.7 Å². The lowest BCUT2D eigenvalue weighted by atomic mass is 10.1. The van der Waals surface area contributed by atoms with Crippen molar-refractivity contribution in [3.8, 4) is 0 Å². The highest BCUT2D eigenvalue weighted by atomic mass is 32.2. The molecular weight excluding hydrogens is 252 g/mol. The van der Waals surface area contributed by atoms with Gasteiger partial charge >= 0.3 is 0 Å². The first-order chi connectivity index (χ1) is 8.04. The Balaban J connectivity index is 2.32. The third kappa shape index (κ3) is 2.60. The molecule has 0 aliphatic heterocycles. The number of ketones is 1. The van der Waals surface area contributed by atoms with Crippen molar-refractivity contribution in [1.29, 1.82) is 0 Å². The molecule has 0 saturated heterocycles. The van der Waals surface area contributed by atoms with Crippen molar-refractivity contribution in [3.63, 3.8) is 0 Å². The summed E-state index contributed by atoms with van der Waals surface area (Å²) in [6.07, 6.45) is 4.44. The molecule has 1 heterocycles. The van der Waals surface area contributed by atoms with Crippen LogP contribution in [-0.2, 0) is 0 Å². The zero-order valence-electron chi connectivity index (χ0n) is 10.4. The molecule has 1 aromatic rings. The van der Waals surface area contributed by atoms with Gasteiger partial charge in [0.2, 0.25) is 0 Å². The Hall–Kier alpha value is -0.680. The van der Waals surface area contributed by atoms with E-state index in [1.54, 1.807) is 11.8 Å². The largest absolute Gasteiger partial charge is 0.396 e. The number of anilines is 2. The van der Waals surface area contributed by atoms with Gasteiger partial charge in [-0.25, -0.2) is 0 Å². The maximum atomic E-state index is 12.0. The zero-order chi connectivity index (χ0) is 12.6. The van der Waals surface area contributed by atoms with Crippen LogP contribution in [-0.4, -0.2) is 18.1 Å². The van der Waals surface area contributed by atoms with E-state index < -0.39 is 0 Å². The summed E-state index contributed by atoms with van der Waals surface area (Å²) >= 11 is 3.12. The van der Waals surface area contributed by atoms with Crippen LogP contribution in [0.3, 0.4) is 0 Å². The van der Waals surface area contributed by atoms with Gasteiger partial charge in [0, 0.05) is 12.0 Å². The first-order valence-electron chi connectivity index (χ1n) is 5.81. The van der Waals surface area contributed by atoms with Crippen LogP contribution < -0.4 is 11.1 Å². The molecule has 0 spiro atoms. The van der Waals surface area contributed by atoms with Crippen LogP contribution in [0.2, 0.25) is 0 Å². The predicted molar refractivity (Wildman–Crippen MR) is 76.3 cm³/mol. The number of carbonyl (C=O) groups is 1. The molecule has 94 valence electrons. The second-order valence-electron chi connectivity index (χ2n) is 4.64. The van der Waals surface area contributed by atoms with Crippen LogP contribution in [0.5, 0.6) is 0 Å². The summed E-state index contributed by atoms with van der Waals surface area (Å²) in [6.45, 7) is 3.82. The zero-order valence-corrected chi connectivity index (χ0v) is 12.0.